The largest absolute Gasteiger partial charge is 0.493 e. The number of benzene rings is 1. The van der Waals surface area contributed by atoms with Crippen molar-refractivity contribution < 1.29 is 18.6 Å². The van der Waals surface area contributed by atoms with E-state index in [1.165, 1.54) is 0 Å². The van der Waals surface area contributed by atoms with Crippen molar-refractivity contribution in [2.45, 2.75) is 12.6 Å². The van der Waals surface area contributed by atoms with E-state index in [9.17, 15) is 0 Å². The van der Waals surface area contributed by atoms with E-state index in [1.54, 1.807) is 21.3 Å². The minimum Gasteiger partial charge on any atom is -0.493 e. The molecule has 21 heavy (non-hydrogen) atoms. The molecule has 1 unspecified atom stereocenters. The first-order chi connectivity index (χ1) is 10.2. The van der Waals surface area contributed by atoms with Crippen LogP contribution in [0.2, 0.25) is 0 Å². The van der Waals surface area contributed by atoms with Crippen molar-refractivity contribution >= 4 is 0 Å². The number of rotatable bonds is 7. The van der Waals surface area contributed by atoms with Crippen molar-refractivity contribution in [3.05, 3.63) is 47.4 Å². The second kappa shape index (κ2) is 7.15. The maximum atomic E-state index is 5.80. The van der Waals surface area contributed by atoms with Crippen LogP contribution in [-0.2, 0) is 11.3 Å². The Balaban J connectivity index is 2.31. The number of ether oxygens (including phenoxy) is 3. The van der Waals surface area contributed by atoms with Gasteiger partial charge < -0.3 is 23.9 Å². The van der Waals surface area contributed by atoms with E-state index in [4.69, 9.17) is 18.6 Å². The molecule has 0 aliphatic heterocycles. The number of furan rings is 1. The van der Waals surface area contributed by atoms with Gasteiger partial charge in [0.2, 0.25) is 0 Å². The molecule has 0 aliphatic carbocycles. The summed E-state index contributed by atoms with van der Waals surface area (Å²) >= 11 is 0. The summed E-state index contributed by atoms with van der Waals surface area (Å²) in [5.41, 5.74) is 1.04. The van der Waals surface area contributed by atoms with E-state index in [2.05, 4.69) is 5.32 Å². The molecule has 0 amide bonds. The Bertz CT molecular complexity index is 579. The SMILES string of the molecule is CNC(c1ccc(OC)c(OC)c1)c1ccc(COC)o1. The first-order valence-electron chi connectivity index (χ1n) is 6.70. The normalized spacial score (nSPS) is 12.2. The maximum Gasteiger partial charge on any atom is 0.161 e. The van der Waals surface area contributed by atoms with Crippen molar-refractivity contribution in [1.82, 2.24) is 5.32 Å². The van der Waals surface area contributed by atoms with Crippen LogP contribution in [0.1, 0.15) is 23.1 Å². The van der Waals surface area contributed by atoms with Gasteiger partial charge in [0.15, 0.2) is 11.5 Å². The van der Waals surface area contributed by atoms with E-state index in [-0.39, 0.29) is 6.04 Å². The third-order valence-electron chi connectivity index (χ3n) is 3.28. The van der Waals surface area contributed by atoms with E-state index in [0.29, 0.717) is 18.1 Å². The van der Waals surface area contributed by atoms with Gasteiger partial charge in [-0.3, -0.25) is 0 Å². The topological polar surface area (TPSA) is 52.9 Å². The summed E-state index contributed by atoms with van der Waals surface area (Å²) in [6.45, 7) is 0.461. The van der Waals surface area contributed by atoms with Crippen molar-refractivity contribution in [3.63, 3.8) is 0 Å². The predicted octanol–water partition coefficient (Wildman–Crippen LogP) is 2.75. The van der Waals surface area contributed by atoms with Crippen molar-refractivity contribution in [3.8, 4) is 11.5 Å². The van der Waals surface area contributed by atoms with E-state index in [1.807, 2.05) is 37.4 Å². The second-order valence-corrected chi connectivity index (χ2v) is 4.57. The third-order valence-corrected chi connectivity index (χ3v) is 3.28. The van der Waals surface area contributed by atoms with Gasteiger partial charge in [0.05, 0.1) is 20.3 Å². The van der Waals surface area contributed by atoms with Crippen LogP contribution in [0.5, 0.6) is 11.5 Å². The zero-order chi connectivity index (χ0) is 15.2. The molecular weight excluding hydrogens is 270 g/mol. The summed E-state index contributed by atoms with van der Waals surface area (Å²) in [6.07, 6.45) is 0. The number of hydrogen-bond acceptors (Lipinski definition) is 5. The molecule has 0 radical (unpaired) electrons. The van der Waals surface area contributed by atoms with Crippen LogP contribution in [0, 0.1) is 0 Å². The Hall–Kier alpha value is -1.98. The molecule has 2 aromatic rings. The minimum absolute atomic E-state index is 0.0598. The monoisotopic (exact) mass is 291 g/mol. The third kappa shape index (κ3) is 3.37. The molecule has 0 bridgehead atoms. The lowest BCUT2D eigenvalue weighted by molar-refractivity contribution is 0.162. The Morgan fingerprint density at radius 1 is 1.05 bits per heavy atom. The van der Waals surface area contributed by atoms with Gasteiger partial charge in [0.1, 0.15) is 18.1 Å². The van der Waals surface area contributed by atoms with Gasteiger partial charge in [-0.1, -0.05) is 6.07 Å². The number of hydrogen-bond donors (Lipinski definition) is 1. The lowest BCUT2D eigenvalue weighted by Gasteiger charge is -2.16. The van der Waals surface area contributed by atoms with Gasteiger partial charge >= 0.3 is 0 Å². The molecule has 5 nitrogen and oxygen atoms in total. The van der Waals surface area contributed by atoms with Crippen molar-refractivity contribution in [1.29, 1.82) is 0 Å². The standard InChI is InChI=1S/C16H21NO4/c1-17-16(14-8-6-12(21-14)10-18-2)11-5-7-13(19-3)15(9-11)20-4/h5-9,16-17H,10H2,1-4H3. The van der Waals surface area contributed by atoms with Crippen LogP contribution >= 0.6 is 0 Å². The quantitative estimate of drug-likeness (QED) is 0.850. The average Bonchev–Trinajstić information content (AvgIpc) is 2.96. The predicted molar refractivity (Wildman–Crippen MR) is 79.9 cm³/mol. The molecular formula is C16H21NO4. The summed E-state index contributed by atoms with van der Waals surface area (Å²) in [5, 5.41) is 3.25. The summed E-state index contributed by atoms with van der Waals surface area (Å²) in [4.78, 5) is 0. The fraction of sp³-hybridized carbons (Fsp3) is 0.375. The summed E-state index contributed by atoms with van der Waals surface area (Å²) in [7, 11) is 6.78. The highest BCUT2D eigenvalue weighted by Gasteiger charge is 2.18. The van der Waals surface area contributed by atoms with Gasteiger partial charge in [-0.15, -0.1) is 0 Å². The summed E-state index contributed by atoms with van der Waals surface area (Å²) in [5.74, 6) is 3.03. The molecule has 1 aromatic heterocycles. The number of nitrogens with one attached hydrogen (secondary N) is 1. The van der Waals surface area contributed by atoms with Crippen molar-refractivity contribution in [2.24, 2.45) is 0 Å². The van der Waals surface area contributed by atoms with E-state index < -0.39 is 0 Å². The van der Waals surface area contributed by atoms with E-state index >= 15 is 0 Å². The molecule has 0 spiro atoms. The van der Waals surface area contributed by atoms with Crippen LogP contribution in [0.25, 0.3) is 0 Å². The van der Waals surface area contributed by atoms with Crippen LogP contribution in [-0.4, -0.2) is 28.4 Å². The molecule has 114 valence electrons. The molecule has 0 saturated heterocycles. The molecule has 1 atom stereocenters. The number of methoxy groups -OCH3 is 3. The van der Waals surface area contributed by atoms with E-state index in [0.717, 1.165) is 17.1 Å². The van der Waals surface area contributed by atoms with Crippen LogP contribution < -0.4 is 14.8 Å². The Kier molecular flexibility index (Phi) is 5.25. The van der Waals surface area contributed by atoms with Crippen LogP contribution in [0.4, 0.5) is 0 Å². The van der Waals surface area contributed by atoms with Gasteiger partial charge in [-0.2, -0.15) is 0 Å². The molecule has 0 fully saturated rings. The highest BCUT2D eigenvalue weighted by molar-refractivity contribution is 5.45. The van der Waals surface area contributed by atoms with Crippen LogP contribution in [0.3, 0.4) is 0 Å². The average molecular weight is 291 g/mol. The lowest BCUT2D eigenvalue weighted by atomic mass is 10.0. The molecule has 1 N–H and O–H groups in total. The first kappa shape index (κ1) is 15.4. The van der Waals surface area contributed by atoms with Gasteiger partial charge in [0.25, 0.3) is 0 Å². The highest BCUT2D eigenvalue weighted by atomic mass is 16.5. The molecule has 2 rings (SSSR count). The fourth-order valence-corrected chi connectivity index (χ4v) is 2.28. The molecule has 5 heteroatoms. The molecule has 1 heterocycles. The zero-order valence-electron chi connectivity index (χ0n) is 12.8. The van der Waals surface area contributed by atoms with Crippen LogP contribution in [0.15, 0.2) is 34.7 Å². The van der Waals surface area contributed by atoms with Gasteiger partial charge in [0, 0.05) is 7.11 Å². The molecule has 1 aromatic carbocycles. The first-order valence-corrected chi connectivity index (χ1v) is 6.70. The van der Waals surface area contributed by atoms with Crippen molar-refractivity contribution in [2.75, 3.05) is 28.4 Å². The smallest absolute Gasteiger partial charge is 0.161 e. The zero-order valence-corrected chi connectivity index (χ0v) is 12.8. The Morgan fingerprint density at radius 3 is 2.43 bits per heavy atom. The Morgan fingerprint density at radius 2 is 1.81 bits per heavy atom. The highest BCUT2D eigenvalue weighted by Crippen LogP contribution is 2.32. The maximum absolute atomic E-state index is 5.80. The minimum atomic E-state index is -0.0598. The Labute approximate surface area is 124 Å². The second-order valence-electron chi connectivity index (χ2n) is 4.57. The molecule has 0 aliphatic rings. The lowest BCUT2D eigenvalue weighted by Crippen LogP contribution is -2.17. The van der Waals surface area contributed by atoms with Gasteiger partial charge in [-0.05, 0) is 36.9 Å². The molecule has 0 saturated carbocycles. The summed E-state index contributed by atoms with van der Waals surface area (Å²) in [6, 6.07) is 9.63. The fourth-order valence-electron chi connectivity index (χ4n) is 2.28. The summed E-state index contributed by atoms with van der Waals surface area (Å²) < 4.78 is 21.5. The van der Waals surface area contributed by atoms with Gasteiger partial charge in [-0.25, -0.2) is 0 Å².